The lowest BCUT2D eigenvalue weighted by molar-refractivity contribution is -0.689. The number of oxime groups is 1. The smallest absolute Gasteiger partial charge is 0.490 e. The van der Waals surface area contributed by atoms with Crippen LogP contribution in [0.1, 0.15) is 12.1 Å². The van der Waals surface area contributed by atoms with Crippen LogP contribution in [-0.4, -0.2) is 98.2 Å². The summed E-state index contributed by atoms with van der Waals surface area (Å²) in [6.07, 6.45) is -6.14. The summed E-state index contributed by atoms with van der Waals surface area (Å²) in [4.78, 5) is 66.4. The molecule has 2 amide bonds. The van der Waals surface area contributed by atoms with E-state index in [2.05, 4.69) is 15.5 Å². The van der Waals surface area contributed by atoms with E-state index in [1.807, 2.05) is 35.2 Å². The first-order valence-electron chi connectivity index (χ1n) is 13.3. The number of amides is 2. The summed E-state index contributed by atoms with van der Waals surface area (Å²) >= 11 is 8.50. The van der Waals surface area contributed by atoms with Crippen LogP contribution >= 0.6 is 34.7 Å². The average Bonchev–Trinajstić information content (AvgIpc) is 3.36. The number of nitrogens with zero attached hydrogens (tertiary/aromatic N) is 4. The van der Waals surface area contributed by atoms with Crippen molar-refractivity contribution in [1.82, 2.24) is 15.2 Å². The van der Waals surface area contributed by atoms with Gasteiger partial charge in [-0.2, -0.15) is 26.3 Å². The Labute approximate surface area is 289 Å². The predicted molar refractivity (Wildman–Crippen MR) is 159 cm³/mol. The number of aromatic nitrogens is 2. The summed E-state index contributed by atoms with van der Waals surface area (Å²) in [5.41, 5.74) is 11.5. The van der Waals surface area contributed by atoms with Crippen molar-refractivity contribution in [3.05, 3.63) is 51.9 Å². The Morgan fingerprint density at radius 3 is 2.18 bits per heavy atom. The third-order valence-electron chi connectivity index (χ3n) is 5.80. The number of thioether (sulfide) groups is 1. The maximum absolute atomic E-state index is 13.1. The monoisotopic (exact) mass is 779 g/mol. The van der Waals surface area contributed by atoms with Gasteiger partial charge in [0.15, 0.2) is 29.8 Å². The Kier molecular flexibility index (Phi) is 14.8. The molecule has 2 atom stereocenters. The van der Waals surface area contributed by atoms with Gasteiger partial charge in [-0.05, 0) is 13.0 Å². The van der Waals surface area contributed by atoms with Crippen molar-refractivity contribution < 1.29 is 75.0 Å². The van der Waals surface area contributed by atoms with Gasteiger partial charge >= 0.3 is 24.3 Å². The third-order valence-corrected chi connectivity index (χ3v) is 8.22. The lowest BCUT2D eigenvalue weighted by Crippen LogP contribution is -2.71. The standard InChI is InChI=1S/C21H22ClN7O5S2.2C2HF3O2/c22-16-12(26-21(24)36-16)13(27-34-8-4-5-23)17(30)25-14-18(31)29-15(20(32)33)11(10-35-19(14)29)9-28-6-2-1-3-7-28;2*3-2(4,5)1(6)7/h1-3,6-7,14,19H,4-5,8-10,23H2,(H3-,24,25,26,30,32,33);2*(H,6,7)/b27-13-;;/t14-,19-;;/m1../s1. The molecule has 4 rings (SSSR count). The number of hydrogen-bond donors (Lipinski definition) is 5. The number of carboxylic acid groups (broad SMARTS) is 3. The number of carbonyl (C=O) groups is 5. The van der Waals surface area contributed by atoms with Gasteiger partial charge in [-0.15, -0.1) is 11.8 Å². The minimum absolute atomic E-state index is 0.0256. The molecule has 0 bridgehead atoms. The molecule has 16 nitrogen and oxygen atoms in total. The van der Waals surface area contributed by atoms with Crippen LogP contribution in [0.2, 0.25) is 4.34 Å². The second kappa shape index (κ2) is 17.8. The molecule has 2 aliphatic heterocycles. The Morgan fingerprint density at radius 2 is 1.72 bits per heavy atom. The quantitative estimate of drug-likeness (QED) is 0.0537. The number of nitrogens with two attached hydrogens (primary N) is 2. The van der Waals surface area contributed by atoms with E-state index < -0.39 is 53.5 Å². The van der Waals surface area contributed by atoms with Gasteiger partial charge in [0.05, 0.1) is 0 Å². The SMILES string of the molecule is NCCCO/N=C(\C(=O)N[C@@H]1C(=O)N2C(C(=O)O)=C(C[n+]3ccccc3)CS[C@H]12)c1nc(N)sc1Cl.O=C(O)C(F)(F)F.O=C([O-])C(F)(F)F. The number of anilines is 1. The van der Waals surface area contributed by atoms with Crippen LogP contribution in [0.5, 0.6) is 0 Å². The Bertz CT molecular complexity index is 1620. The molecular weight excluding hydrogens is 756 g/mol. The lowest BCUT2D eigenvalue weighted by atomic mass is 10.0. The van der Waals surface area contributed by atoms with E-state index in [9.17, 15) is 45.8 Å². The van der Waals surface area contributed by atoms with E-state index in [0.29, 0.717) is 30.8 Å². The molecule has 4 heterocycles. The summed E-state index contributed by atoms with van der Waals surface area (Å²) in [7, 11) is 0. The fraction of sp³-hybridized carbons (Fsp3) is 0.360. The van der Waals surface area contributed by atoms with Crippen LogP contribution in [0, 0.1) is 0 Å². The maximum atomic E-state index is 13.1. The summed E-state index contributed by atoms with van der Waals surface area (Å²) in [5.74, 6) is -7.88. The summed E-state index contributed by atoms with van der Waals surface area (Å²) in [6.45, 7) is 0.856. The average molecular weight is 780 g/mol. The topological polar surface area (TPSA) is 255 Å². The first kappa shape index (κ1) is 41.5. The number of aliphatic carboxylic acids is 3. The lowest BCUT2D eigenvalue weighted by Gasteiger charge is -2.49. The van der Waals surface area contributed by atoms with Crippen molar-refractivity contribution in [2.24, 2.45) is 10.9 Å². The molecule has 0 aliphatic carbocycles. The van der Waals surface area contributed by atoms with Gasteiger partial charge in [0.2, 0.25) is 0 Å². The highest BCUT2D eigenvalue weighted by Gasteiger charge is 2.55. The molecule has 2 aromatic heterocycles. The number of nitrogen functional groups attached to an aromatic ring is 1. The molecule has 50 heavy (non-hydrogen) atoms. The number of thiazole rings is 1. The van der Waals surface area contributed by atoms with E-state index in [-0.39, 0.29) is 33.2 Å². The number of hydrogen-bond acceptors (Lipinski definition) is 13. The second-order valence-electron chi connectivity index (χ2n) is 9.34. The second-order valence-corrected chi connectivity index (χ2v) is 12.1. The van der Waals surface area contributed by atoms with Crippen molar-refractivity contribution in [2.75, 3.05) is 24.6 Å². The molecule has 0 spiro atoms. The highest BCUT2D eigenvalue weighted by atomic mass is 35.5. The molecule has 0 radical (unpaired) electrons. The van der Waals surface area contributed by atoms with E-state index in [1.54, 1.807) is 0 Å². The fourth-order valence-corrected chi connectivity index (χ4v) is 5.95. The van der Waals surface area contributed by atoms with Gasteiger partial charge in [0.1, 0.15) is 39.7 Å². The van der Waals surface area contributed by atoms with Crippen molar-refractivity contribution in [3.63, 3.8) is 0 Å². The number of carboxylic acids is 3. The third kappa shape index (κ3) is 11.4. The molecule has 0 unspecified atom stereocenters. The Balaban J connectivity index is 0.000000521. The van der Waals surface area contributed by atoms with Gasteiger partial charge in [-0.1, -0.05) is 34.2 Å². The van der Waals surface area contributed by atoms with Crippen molar-refractivity contribution in [3.8, 4) is 0 Å². The number of β-lactam (4-membered cyclic amide) rings is 1. The Hall–Kier alpha value is -4.68. The van der Waals surface area contributed by atoms with Crippen molar-refractivity contribution >= 4 is 75.3 Å². The molecule has 25 heteroatoms. The normalized spacial score (nSPS) is 17.2. The number of carbonyl (C=O) groups excluding carboxylic acids is 3. The van der Waals surface area contributed by atoms with Crippen molar-refractivity contribution in [2.45, 2.75) is 36.7 Å². The number of pyridine rings is 1. The van der Waals surface area contributed by atoms with E-state index in [1.165, 1.54) is 16.7 Å². The first-order valence-corrected chi connectivity index (χ1v) is 15.5. The Morgan fingerprint density at radius 1 is 1.14 bits per heavy atom. The molecule has 2 aliphatic rings. The number of alkyl halides is 6. The molecule has 0 aromatic carbocycles. The van der Waals surface area contributed by atoms with E-state index >= 15 is 0 Å². The minimum atomic E-state index is -5.19. The molecule has 7 N–H and O–H groups in total. The molecule has 0 saturated carbocycles. The van der Waals surface area contributed by atoms with E-state index in [0.717, 1.165) is 11.3 Å². The van der Waals surface area contributed by atoms with Crippen LogP contribution in [0.15, 0.2) is 47.0 Å². The zero-order chi connectivity index (χ0) is 38.0. The summed E-state index contributed by atoms with van der Waals surface area (Å²) in [5, 5.41) is 31.8. The predicted octanol–water partition coefficient (Wildman–Crippen LogP) is 0.106. The van der Waals surface area contributed by atoms with E-state index in [4.69, 9.17) is 47.7 Å². The minimum Gasteiger partial charge on any atom is -0.542 e. The van der Waals surface area contributed by atoms with Gasteiger partial charge in [0.25, 0.3) is 11.8 Å². The zero-order valence-corrected chi connectivity index (χ0v) is 27.1. The number of rotatable bonds is 10. The maximum Gasteiger partial charge on any atom is 0.490 e. The molecule has 1 fully saturated rings. The van der Waals surface area contributed by atoms with Gasteiger partial charge in [-0.25, -0.2) is 19.1 Å². The van der Waals surface area contributed by atoms with Gasteiger partial charge in [-0.3, -0.25) is 14.5 Å². The van der Waals surface area contributed by atoms with Crippen LogP contribution < -0.4 is 26.5 Å². The van der Waals surface area contributed by atoms with Gasteiger partial charge < -0.3 is 41.7 Å². The number of nitrogens with one attached hydrogen (secondary N) is 1. The van der Waals surface area contributed by atoms with Crippen LogP contribution in [0.4, 0.5) is 31.5 Å². The summed E-state index contributed by atoms with van der Waals surface area (Å²) in [6, 6.07) is 4.56. The van der Waals surface area contributed by atoms with Gasteiger partial charge in [0, 0.05) is 23.5 Å². The number of halogens is 7. The molecule has 2 aromatic rings. The van der Waals surface area contributed by atoms with Crippen molar-refractivity contribution in [1.29, 1.82) is 0 Å². The first-order chi connectivity index (χ1) is 23.2. The summed E-state index contributed by atoms with van der Waals surface area (Å²) < 4.78 is 65.3. The highest BCUT2D eigenvalue weighted by molar-refractivity contribution is 8.00. The zero-order valence-electron chi connectivity index (χ0n) is 24.7. The molecule has 1 saturated heterocycles. The highest BCUT2D eigenvalue weighted by Crippen LogP contribution is 2.40. The number of fused-ring (bicyclic) bond motifs is 1. The largest absolute Gasteiger partial charge is 0.542 e. The van der Waals surface area contributed by atoms with Crippen LogP contribution in [0.25, 0.3) is 0 Å². The fourth-order valence-electron chi connectivity index (χ4n) is 3.69. The van der Waals surface area contributed by atoms with Crippen LogP contribution in [0.3, 0.4) is 0 Å². The molecular formula is C25H24ClF6N7O9S2. The van der Waals surface area contributed by atoms with Crippen LogP contribution in [-0.2, 0) is 35.4 Å². The molecule has 274 valence electrons.